The monoisotopic (exact) mass is 355 g/mol. The number of benzene rings is 1. The highest BCUT2D eigenvalue weighted by atomic mass is 32.2. The quantitative estimate of drug-likeness (QED) is 0.813. The van der Waals surface area contributed by atoms with Crippen molar-refractivity contribution in [2.75, 3.05) is 12.9 Å². The van der Waals surface area contributed by atoms with Gasteiger partial charge in [0.1, 0.15) is 17.2 Å². The summed E-state index contributed by atoms with van der Waals surface area (Å²) in [5, 5.41) is 12.8. The summed E-state index contributed by atoms with van der Waals surface area (Å²) >= 11 is 0. The highest BCUT2D eigenvalue weighted by Crippen LogP contribution is 2.27. The molecule has 24 heavy (non-hydrogen) atoms. The van der Waals surface area contributed by atoms with Gasteiger partial charge in [-0.15, -0.1) is 0 Å². The first-order chi connectivity index (χ1) is 11.2. The molecule has 0 saturated heterocycles. The van der Waals surface area contributed by atoms with Gasteiger partial charge in [-0.05, 0) is 31.9 Å². The van der Waals surface area contributed by atoms with Gasteiger partial charge in [0.05, 0.1) is 11.3 Å². The van der Waals surface area contributed by atoms with E-state index in [1.54, 1.807) is 12.1 Å². The van der Waals surface area contributed by atoms with Gasteiger partial charge in [-0.2, -0.15) is 0 Å². The summed E-state index contributed by atoms with van der Waals surface area (Å²) in [4.78, 5) is 11.9. The number of aliphatic hydroxyl groups is 1. The lowest BCUT2D eigenvalue weighted by atomic mass is 9.98. The molecule has 1 unspecified atom stereocenters. The minimum atomic E-state index is -3.73. The summed E-state index contributed by atoms with van der Waals surface area (Å²) < 4.78 is 41.0. The molecular weight excluding hydrogens is 337 g/mol. The van der Waals surface area contributed by atoms with Gasteiger partial charge in [0.25, 0.3) is 0 Å². The van der Waals surface area contributed by atoms with Crippen molar-refractivity contribution in [3.8, 4) is 11.3 Å². The smallest absolute Gasteiger partial charge is 0.179 e. The molecule has 1 N–H and O–H groups in total. The summed E-state index contributed by atoms with van der Waals surface area (Å²) in [5.74, 6) is -1.02. The van der Waals surface area contributed by atoms with Crippen LogP contribution in [0.4, 0.5) is 4.39 Å². The van der Waals surface area contributed by atoms with Crippen LogP contribution in [0.2, 0.25) is 0 Å². The van der Waals surface area contributed by atoms with Crippen LogP contribution in [-0.2, 0) is 21.1 Å². The number of aryl methyl sites for hydroxylation is 1. The van der Waals surface area contributed by atoms with E-state index >= 15 is 0 Å². The van der Waals surface area contributed by atoms with Gasteiger partial charge in [-0.1, -0.05) is 17.3 Å². The van der Waals surface area contributed by atoms with Crippen LogP contribution < -0.4 is 0 Å². The second-order valence-electron chi connectivity index (χ2n) is 5.75. The van der Waals surface area contributed by atoms with E-state index in [2.05, 4.69) is 5.16 Å². The van der Waals surface area contributed by atoms with E-state index in [1.165, 1.54) is 25.1 Å². The van der Waals surface area contributed by atoms with Crippen molar-refractivity contribution < 1.29 is 27.2 Å². The standard InChI is InChI=1S/C16H18FNO5S/c1-16(15(20)10-19,24(2,21)22)8-7-11-9-14(23-18-11)12-5-3-4-6-13(12)17/h3-6,9,19H,7-8,10H2,1-2H3. The first-order valence-electron chi connectivity index (χ1n) is 7.23. The maximum Gasteiger partial charge on any atom is 0.179 e. The van der Waals surface area contributed by atoms with Gasteiger partial charge in [0, 0.05) is 12.3 Å². The van der Waals surface area contributed by atoms with Crippen LogP contribution in [0, 0.1) is 5.82 Å². The lowest BCUT2D eigenvalue weighted by Crippen LogP contribution is -2.45. The fourth-order valence-corrected chi connectivity index (χ4v) is 3.23. The lowest BCUT2D eigenvalue weighted by molar-refractivity contribution is -0.124. The fourth-order valence-electron chi connectivity index (χ4n) is 2.28. The van der Waals surface area contributed by atoms with Crippen molar-refractivity contribution in [3.63, 3.8) is 0 Å². The molecule has 1 atom stereocenters. The molecule has 130 valence electrons. The van der Waals surface area contributed by atoms with Crippen LogP contribution in [0.15, 0.2) is 34.9 Å². The maximum absolute atomic E-state index is 13.7. The molecule has 1 heterocycles. The zero-order chi connectivity index (χ0) is 18.0. The number of carbonyl (C=O) groups is 1. The first-order valence-corrected chi connectivity index (χ1v) is 9.12. The van der Waals surface area contributed by atoms with Crippen LogP contribution >= 0.6 is 0 Å². The Morgan fingerprint density at radius 2 is 2.04 bits per heavy atom. The molecule has 0 amide bonds. The van der Waals surface area contributed by atoms with Crippen molar-refractivity contribution in [3.05, 3.63) is 41.8 Å². The molecule has 0 fully saturated rings. The van der Waals surface area contributed by atoms with Crippen LogP contribution in [0.3, 0.4) is 0 Å². The van der Waals surface area contributed by atoms with E-state index in [0.29, 0.717) is 5.69 Å². The molecule has 0 spiro atoms. The number of aromatic nitrogens is 1. The summed E-state index contributed by atoms with van der Waals surface area (Å²) in [6.45, 7) is 0.418. The number of halogens is 1. The fraction of sp³-hybridized carbons (Fsp3) is 0.375. The van der Waals surface area contributed by atoms with Crippen molar-refractivity contribution >= 4 is 15.6 Å². The number of hydrogen-bond acceptors (Lipinski definition) is 6. The minimum absolute atomic E-state index is 0.0610. The third kappa shape index (κ3) is 3.54. The molecule has 2 rings (SSSR count). The molecular formula is C16H18FNO5S. The summed E-state index contributed by atoms with van der Waals surface area (Å²) in [6, 6.07) is 7.54. The Morgan fingerprint density at radius 3 is 2.62 bits per heavy atom. The van der Waals surface area contributed by atoms with E-state index in [0.717, 1.165) is 6.26 Å². The van der Waals surface area contributed by atoms with E-state index in [1.807, 2.05) is 0 Å². The lowest BCUT2D eigenvalue weighted by Gasteiger charge is -2.24. The first kappa shape index (κ1) is 18.3. The highest BCUT2D eigenvalue weighted by Gasteiger charge is 2.42. The number of sulfone groups is 1. The average Bonchev–Trinajstić information content (AvgIpc) is 2.99. The van der Waals surface area contributed by atoms with Crippen LogP contribution in [-0.4, -0.2) is 42.1 Å². The molecule has 6 nitrogen and oxygen atoms in total. The number of carbonyl (C=O) groups excluding carboxylic acids is 1. The molecule has 2 aromatic rings. The SMILES string of the molecule is CC(CCc1cc(-c2ccccc2F)on1)(C(=O)CO)S(C)(=O)=O. The van der Waals surface area contributed by atoms with E-state index in [-0.39, 0.29) is 24.2 Å². The number of aliphatic hydroxyl groups excluding tert-OH is 1. The van der Waals surface area contributed by atoms with E-state index in [9.17, 15) is 17.6 Å². The number of rotatable bonds is 7. The second kappa shape index (κ2) is 6.82. The van der Waals surface area contributed by atoms with E-state index in [4.69, 9.17) is 9.63 Å². The molecule has 0 aliphatic rings. The van der Waals surface area contributed by atoms with Crippen LogP contribution in [0.5, 0.6) is 0 Å². The predicted molar refractivity (Wildman–Crippen MR) is 85.6 cm³/mol. The topological polar surface area (TPSA) is 97.5 Å². The van der Waals surface area contributed by atoms with Crippen LogP contribution in [0.25, 0.3) is 11.3 Å². The molecule has 0 radical (unpaired) electrons. The average molecular weight is 355 g/mol. The molecule has 1 aromatic carbocycles. The van der Waals surface area contributed by atoms with Gasteiger partial charge in [-0.3, -0.25) is 4.79 Å². The Morgan fingerprint density at radius 1 is 1.38 bits per heavy atom. The van der Waals surface area contributed by atoms with Gasteiger partial charge < -0.3 is 9.63 Å². The molecule has 0 aliphatic heterocycles. The maximum atomic E-state index is 13.7. The van der Waals surface area contributed by atoms with Gasteiger partial charge in [-0.25, -0.2) is 12.8 Å². The summed E-state index contributed by atoms with van der Waals surface area (Å²) in [5.41, 5.74) is 0.641. The van der Waals surface area contributed by atoms with Crippen LogP contribution in [0.1, 0.15) is 19.0 Å². The zero-order valence-electron chi connectivity index (χ0n) is 13.3. The predicted octanol–water partition coefficient (Wildman–Crippen LogP) is 1.78. The van der Waals surface area contributed by atoms with Gasteiger partial charge >= 0.3 is 0 Å². The second-order valence-corrected chi connectivity index (χ2v) is 8.19. The molecule has 0 saturated carbocycles. The third-order valence-corrected chi connectivity index (χ3v) is 6.18. The number of ketones is 1. The number of hydrogen-bond donors (Lipinski definition) is 1. The zero-order valence-corrected chi connectivity index (χ0v) is 14.1. The van der Waals surface area contributed by atoms with Crippen molar-refractivity contribution in [2.24, 2.45) is 0 Å². The molecule has 1 aromatic heterocycles. The molecule has 0 aliphatic carbocycles. The van der Waals surface area contributed by atoms with Crippen molar-refractivity contribution in [1.29, 1.82) is 0 Å². The largest absolute Gasteiger partial charge is 0.389 e. The third-order valence-electron chi connectivity index (χ3n) is 4.11. The van der Waals surface area contributed by atoms with Gasteiger partial charge in [0.2, 0.25) is 0 Å². The highest BCUT2D eigenvalue weighted by molar-refractivity contribution is 7.92. The van der Waals surface area contributed by atoms with E-state index < -0.39 is 32.8 Å². The normalized spacial score (nSPS) is 14.3. The Balaban J connectivity index is 2.21. The Kier molecular flexibility index (Phi) is 5.19. The minimum Gasteiger partial charge on any atom is -0.389 e. The summed E-state index contributed by atoms with van der Waals surface area (Å²) in [7, 11) is -3.73. The van der Waals surface area contributed by atoms with Crippen molar-refractivity contribution in [1.82, 2.24) is 5.16 Å². The Bertz CT molecular complexity index is 846. The number of Topliss-reactive ketones (excluding diaryl/α,β-unsaturated/α-hetero) is 1. The van der Waals surface area contributed by atoms with Crippen molar-refractivity contribution in [2.45, 2.75) is 24.5 Å². The Hall–Kier alpha value is -2.06. The molecule has 8 heteroatoms. The number of nitrogens with zero attached hydrogens (tertiary/aromatic N) is 1. The van der Waals surface area contributed by atoms with Gasteiger partial charge in [0.15, 0.2) is 21.4 Å². The Labute approximate surface area is 139 Å². The summed E-state index contributed by atoms with van der Waals surface area (Å²) in [6.07, 6.45) is 1.02. The molecule has 0 bridgehead atoms.